The summed E-state index contributed by atoms with van der Waals surface area (Å²) in [4.78, 5) is 4.52. The maximum atomic E-state index is 5.62. The minimum Gasteiger partial charge on any atom is -0.385 e. The highest BCUT2D eigenvalue weighted by Crippen LogP contribution is 2.13. The number of thiazole rings is 1. The normalized spacial score (nSPS) is 10.7. The molecular weight excluding hydrogens is 218 g/mol. The fourth-order valence-electron chi connectivity index (χ4n) is 1.19. The summed E-state index contributed by atoms with van der Waals surface area (Å²) >= 11 is 7.36. The van der Waals surface area contributed by atoms with Gasteiger partial charge in [-0.3, -0.25) is 0 Å². The Morgan fingerprint density at radius 2 is 2.29 bits per heavy atom. The lowest BCUT2D eigenvalue weighted by Crippen LogP contribution is -1.93. The van der Waals surface area contributed by atoms with Gasteiger partial charge < -0.3 is 4.74 Å². The summed E-state index contributed by atoms with van der Waals surface area (Å²) in [6, 6.07) is 0. The molecule has 0 N–H and O–H groups in total. The minimum absolute atomic E-state index is 0.719. The van der Waals surface area contributed by atoms with E-state index in [0.29, 0.717) is 0 Å². The average molecular weight is 234 g/mol. The first-order valence-corrected chi connectivity index (χ1v) is 6.26. The molecule has 0 atom stereocenters. The number of aryl methyl sites for hydroxylation is 2. The van der Waals surface area contributed by atoms with Gasteiger partial charge >= 0.3 is 0 Å². The zero-order valence-corrected chi connectivity index (χ0v) is 10.0. The zero-order chi connectivity index (χ0) is 10.2. The van der Waals surface area contributed by atoms with Crippen LogP contribution in [0.5, 0.6) is 0 Å². The topological polar surface area (TPSA) is 22.1 Å². The van der Waals surface area contributed by atoms with Crippen molar-refractivity contribution in [1.29, 1.82) is 0 Å². The Kier molecular flexibility index (Phi) is 6.15. The number of hydrogen-bond acceptors (Lipinski definition) is 3. The van der Waals surface area contributed by atoms with E-state index >= 15 is 0 Å². The largest absolute Gasteiger partial charge is 0.385 e. The van der Waals surface area contributed by atoms with E-state index in [4.69, 9.17) is 16.3 Å². The highest BCUT2D eigenvalue weighted by molar-refractivity contribution is 7.09. The van der Waals surface area contributed by atoms with Gasteiger partial charge in [-0.2, -0.15) is 0 Å². The van der Waals surface area contributed by atoms with Crippen molar-refractivity contribution in [3.05, 3.63) is 16.1 Å². The molecule has 0 radical (unpaired) electrons. The molecule has 14 heavy (non-hydrogen) atoms. The predicted molar refractivity (Wildman–Crippen MR) is 61.4 cm³/mol. The number of aromatic nitrogens is 1. The van der Waals surface area contributed by atoms with E-state index in [2.05, 4.69) is 10.4 Å². The van der Waals surface area contributed by atoms with E-state index in [-0.39, 0.29) is 0 Å². The van der Waals surface area contributed by atoms with Crippen LogP contribution in [0.4, 0.5) is 0 Å². The second kappa shape index (κ2) is 7.21. The van der Waals surface area contributed by atoms with Crippen molar-refractivity contribution in [1.82, 2.24) is 4.98 Å². The van der Waals surface area contributed by atoms with Crippen LogP contribution < -0.4 is 0 Å². The zero-order valence-electron chi connectivity index (χ0n) is 8.46. The summed E-state index contributed by atoms with van der Waals surface area (Å²) < 4.78 is 4.99. The number of nitrogens with zero attached hydrogens (tertiary/aromatic N) is 1. The van der Waals surface area contributed by atoms with Gasteiger partial charge in [0.2, 0.25) is 0 Å². The van der Waals surface area contributed by atoms with Gasteiger partial charge in [0.1, 0.15) is 0 Å². The van der Waals surface area contributed by atoms with Crippen molar-refractivity contribution in [2.45, 2.75) is 25.7 Å². The number of rotatable bonds is 7. The van der Waals surface area contributed by atoms with Gasteiger partial charge in [0.05, 0.1) is 10.7 Å². The first-order chi connectivity index (χ1) is 6.86. The van der Waals surface area contributed by atoms with Gasteiger partial charge in [-0.05, 0) is 19.3 Å². The van der Waals surface area contributed by atoms with E-state index in [0.717, 1.165) is 38.2 Å². The predicted octanol–water partition coefficient (Wildman–Crippen LogP) is 2.89. The summed E-state index contributed by atoms with van der Waals surface area (Å²) in [5, 5.41) is 3.35. The average Bonchev–Trinajstić information content (AvgIpc) is 2.63. The Hall–Kier alpha value is -0.120. The van der Waals surface area contributed by atoms with Crippen molar-refractivity contribution < 1.29 is 4.74 Å². The van der Waals surface area contributed by atoms with Crippen LogP contribution in [0.2, 0.25) is 0 Å². The smallest absolute Gasteiger partial charge is 0.0929 e. The van der Waals surface area contributed by atoms with E-state index < -0.39 is 0 Å². The summed E-state index contributed by atoms with van der Waals surface area (Å²) in [6.45, 7) is 0.816. The maximum absolute atomic E-state index is 5.62. The van der Waals surface area contributed by atoms with Crippen LogP contribution in [0.25, 0.3) is 0 Å². The van der Waals surface area contributed by atoms with Crippen LogP contribution in [0.1, 0.15) is 23.5 Å². The molecule has 0 bridgehead atoms. The molecule has 80 valence electrons. The van der Waals surface area contributed by atoms with Crippen LogP contribution >= 0.6 is 22.9 Å². The van der Waals surface area contributed by atoms with Crippen molar-refractivity contribution in [2.75, 3.05) is 19.6 Å². The third-order valence-corrected chi connectivity index (χ3v) is 3.13. The van der Waals surface area contributed by atoms with Crippen LogP contribution in [-0.4, -0.2) is 24.6 Å². The van der Waals surface area contributed by atoms with E-state index in [1.165, 1.54) is 10.7 Å². The summed E-state index contributed by atoms with van der Waals surface area (Å²) in [5.74, 6) is 0.719. The fraction of sp³-hybridized carbons (Fsp3) is 0.700. The van der Waals surface area contributed by atoms with E-state index in [9.17, 15) is 0 Å². The second-order valence-electron chi connectivity index (χ2n) is 3.12. The standard InChI is InChI=1S/C10H16ClNOS/c1-13-7-3-5-10-12-9(8-14-10)4-2-6-11/h8H,2-7H2,1H3. The monoisotopic (exact) mass is 233 g/mol. The Morgan fingerprint density at radius 3 is 3.00 bits per heavy atom. The Morgan fingerprint density at radius 1 is 1.43 bits per heavy atom. The second-order valence-corrected chi connectivity index (χ2v) is 4.44. The molecule has 4 heteroatoms. The molecule has 0 fully saturated rings. The van der Waals surface area contributed by atoms with Gasteiger partial charge in [0, 0.05) is 31.4 Å². The molecule has 2 nitrogen and oxygen atoms in total. The van der Waals surface area contributed by atoms with E-state index in [1.807, 2.05) is 0 Å². The Balaban J connectivity index is 2.27. The first kappa shape index (κ1) is 12.0. The molecule has 0 aliphatic rings. The quantitative estimate of drug-likeness (QED) is 0.534. The van der Waals surface area contributed by atoms with E-state index in [1.54, 1.807) is 18.4 Å². The number of halogens is 1. The molecule has 0 spiro atoms. The molecule has 1 heterocycles. The van der Waals surface area contributed by atoms with Crippen LogP contribution in [0.3, 0.4) is 0 Å². The third-order valence-electron chi connectivity index (χ3n) is 1.90. The molecule has 0 aliphatic heterocycles. The van der Waals surface area contributed by atoms with Crippen molar-refractivity contribution in [2.24, 2.45) is 0 Å². The van der Waals surface area contributed by atoms with Crippen molar-refractivity contribution in [3.63, 3.8) is 0 Å². The van der Waals surface area contributed by atoms with Crippen molar-refractivity contribution in [3.8, 4) is 0 Å². The molecule has 0 unspecified atom stereocenters. The maximum Gasteiger partial charge on any atom is 0.0929 e. The van der Waals surface area contributed by atoms with Gasteiger partial charge in [-0.15, -0.1) is 22.9 Å². The summed E-state index contributed by atoms with van der Waals surface area (Å²) in [6.07, 6.45) is 4.10. The first-order valence-electron chi connectivity index (χ1n) is 4.85. The van der Waals surface area contributed by atoms with Gasteiger partial charge in [0.15, 0.2) is 0 Å². The highest BCUT2D eigenvalue weighted by atomic mass is 35.5. The molecule has 1 rings (SSSR count). The van der Waals surface area contributed by atoms with Gasteiger partial charge in [0.25, 0.3) is 0 Å². The number of ether oxygens (including phenoxy) is 1. The molecule has 0 amide bonds. The SMILES string of the molecule is COCCCc1nc(CCCCl)cs1. The van der Waals surface area contributed by atoms with Crippen molar-refractivity contribution >= 4 is 22.9 Å². The lowest BCUT2D eigenvalue weighted by molar-refractivity contribution is 0.195. The number of alkyl halides is 1. The molecule has 0 saturated heterocycles. The molecule has 0 saturated carbocycles. The molecule has 0 aromatic carbocycles. The highest BCUT2D eigenvalue weighted by Gasteiger charge is 2.01. The molecule has 1 aromatic rings. The Bertz CT molecular complexity index is 252. The lowest BCUT2D eigenvalue weighted by atomic mass is 10.3. The van der Waals surface area contributed by atoms with Crippen LogP contribution in [0, 0.1) is 0 Å². The molecular formula is C10H16ClNOS. The number of hydrogen-bond donors (Lipinski definition) is 0. The minimum atomic E-state index is 0.719. The van der Waals surface area contributed by atoms with Gasteiger partial charge in [-0.1, -0.05) is 0 Å². The Labute approximate surface area is 94.3 Å². The third kappa shape index (κ3) is 4.40. The fourth-order valence-corrected chi connectivity index (χ4v) is 2.20. The summed E-state index contributed by atoms with van der Waals surface area (Å²) in [7, 11) is 1.73. The molecule has 1 aromatic heterocycles. The van der Waals surface area contributed by atoms with Crippen LogP contribution in [0.15, 0.2) is 5.38 Å². The molecule has 0 aliphatic carbocycles. The lowest BCUT2D eigenvalue weighted by Gasteiger charge is -1.95. The number of methoxy groups -OCH3 is 1. The van der Waals surface area contributed by atoms with Gasteiger partial charge in [-0.25, -0.2) is 4.98 Å². The summed E-state index contributed by atoms with van der Waals surface area (Å²) in [5.41, 5.74) is 1.18. The van der Waals surface area contributed by atoms with Crippen LogP contribution in [-0.2, 0) is 17.6 Å².